The molecular formula is C20H22N6O2S. The molecule has 0 bridgehead atoms. The molecule has 150 valence electrons. The summed E-state index contributed by atoms with van der Waals surface area (Å²) in [4.78, 5) is 35.7. The van der Waals surface area contributed by atoms with E-state index in [9.17, 15) is 9.59 Å². The predicted molar refractivity (Wildman–Crippen MR) is 110 cm³/mol. The van der Waals surface area contributed by atoms with Gasteiger partial charge in [-0.15, -0.1) is 11.3 Å². The van der Waals surface area contributed by atoms with Gasteiger partial charge in [0.05, 0.1) is 41.1 Å². The zero-order chi connectivity index (χ0) is 20.2. The van der Waals surface area contributed by atoms with E-state index in [1.165, 1.54) is 0 Å². The fraction of sp³-hybridized carbons (Fsp3) is 0.350. The number of aromatic nitrogens is 4. The number of hydrogen-bond donors (Lipinski definition) is 1. The molecule has 4 heterocycles. The molecule has 3 aromatic heterocycles. The number of nitrogens with one attached hydrogen (secondary N) is 1. The summed E-state index contributed by atoms with van der Waals surface area (Å²) in [7, 11) is 0. The third-order valence-corrected chi connectivity index (χ3v) is 5.90. The van der Waals surface area contributed by atoms with Gasteiger partial charge >= 0.3 is 0 Å². The van der Waals surface area contributed by atoms with Crippen LogP contribution in [0.1, 0.15) is 13.3 Å². The Morgan fingerprint density at radius 3 is 2.93 bits per heavy atom. The van der Waals surface area contributed by atoms with E-state index in [1.807, 2.05) is 29.1 Å². The first-order valence-electron chi connectivity index (χ1n) is 9.59. The van der Waals surface area contributed by atoms with E-state index in [1.54, 1.807) is 41.0 Å². The molecular weight excluding hydrogens is 388 g/mol. The summed E-state index contributed by atoms with van der Waals surface area (Å²) < 4.78 is 1.88. The second kappa shape index (κ2) is 8.52. The van der Waals surface area contributed by atoms with Crippen LogP contribution in [0.4, 0.5) is 0 Å². The van der Waals surface area contributed by atoms with E-state index < -0.39 is 0 Å². The summed E-state index contributed by atoms with van der Waals surface area (Å²) in [6.07, 6.45) is 7.10. The number of carbonyl (C=O) groups excluding carboxylic acids is 2. The van der Waals surface area contributed by atoms with Crippen LogP contribution in [0.5, 0.6) is 0 Å². The van der Waals surface area contributed by atoms with Crippen LogP contribution in [0, 0.1) is 5.92 Å². The molecule has 0 aliphatic carbocycles. The van der Waals surface area contributed by atoms with Crippen molar-refractivity contribution in [2.45, 2.75) is 19.9 Å². The van der Waals surface area contributed by atoms with Gasteiger partial charge in [-0.2, -0.15) is 5.10 Å². The Balaban J connectivity index is 1.46. The van der Waals surface area contributed by atoms with Gasteiger partial charge in [-0.1, -0.05) is 6.07 Å². The minimum atomic E-state index is -0.271. The maximum Gasteiger partial charge on any atom is 0.225 e. The van der Waals surface area contributed by atoms with E-state index in [4.69, 9.17) is 0 Å². The van der Waals surface area contributed by atoms with Gasteiger partial charge in [-0.05, 0) is 18.4 Å². The lowest BCUT2D eigenvalue weighted by Crippen LogP contribution is -2.34. The van der Waals surface area contributed by atoms with E-state index in [2.05, 4.69) is 20.4 Å². The average Bonchev–Trinajstić information content (AvgIpc) is 3.47. The third kappa shape index (κ3) is 4.04. The molecule has 0 spiro atoms. The molecule has 1 aliphatic heterocycles. The van der Waals surface area contributed by atoms with Crippen molar-refractivity contribution in [3.05, 3.63) is 42.3 Å². The molecule has 8 nitrogen and oxygen atoms in total. The van der Waals surface area contributed by atoms with Crippen LogP contribution >= 0.6 is 11.3 Å². The van der Waals surface area contributed by atoms with Crippen molar-refractivity contribution in [2.24, 2.45) is 5.92 Å². The molecule has 1 N–H and O–H groups in total. The quantitative estimate of drug-likeness (QED) is 0.644. The molecule has 1 atom stereocenters. The number of hydrogen-bond acceptors (Lipinski definition) is 6. The van der Waals surface area contributed by atoms with E-state index in [0.29, 0.717) is 32.6 Å². The summed E-state index contributed by atoms with van der Waals surface area (Å²) in [5.74, 6) is -0.298. The Kier molecular flexibility index (Phi) is 5.66. The van der Waals surface area contributed by atoms with Gasteiger partial charge in [0, 0.05) is 44.0 Å². The highest BCUT2D eigenvalue weighted by atomic mass is 32.1. The Labute approximate surface area is 172 Å². The summed E-state index contributed by atoms with van der Waals surface area (Å²) >= 11 is 1.63. The lowest BCUT2D eigenvalue weighted by Gasteiger charge is -2.14. The molecule has 0 saturated carbocycles. The largest absolute Gasteiger partial charge is 0.354 e. The van der Waals surface area contributed by atoms with Crippen molar-refractivity contribution in [3.63, 3.8) is 0 Å². The molecule has 0 radical (unpaired) electrons. The summed E-state index contributed by atoms with van der Waals surface area (Å²) in [5, 5.41) is 9.50. The van der Waals surface area contributed by atoms with E-state index >= 15 is 0 Å². The van der Waals surface area contributed by atoms with E-state index in [-0.39, 0.29) is 17.7 Å². The van der Waals surface area contributed by atoms with Crippen LogP contribution in [-0.2, 0) is 16.1 Å². The van der Waals surface area contributed by atoms with Crippen molar-refractivity contribution in [3.8, 4) is 21.8 Å². The van der Waals surface area contributed by atoms with Gasteiger partial charge in [-0.3, -0.25) is 24.2 Å². The lowest BCUT2D eigenvalue weighted by atomic mass is 10.1. The highest BCUT2D eigenvalue weighted by Gasteiger charge is 2.33. The fourth-order valence-corrected chi connectivity index (χ4v) is 4.32. The van der Waals surface area contributed by atoms with Crippen LogP contribution in [0.2, 0.25) is 0 Å². The first kappa shape index (κ1) is 19.3. The van der Waals surface area contributed by atoms with Gasteiger partial charge in [-0.25, -0.2) is 0 Å². The van der Waals surface area contributed by atoms with Crippen LogP contribution in [0.25, 0.3) is 21.8 Å². The molecule has 2 amide bonds. The van der Waals surface area contributed by atoms with Crippen LogP contribution in [0.3, 0.4) is 0 Å². The SMILES string of the molecule is CCN1CC(C(=O)NCCn2ncc(-c3cnccn3)c2-c2cccs2)CC1=O. The minimum absolute atomic E-state index is 0.0494. The number of nitrogens with zero attached hydrogens (tertiary/aromatic N) is 5. The van der Waals surface area contributed by atoms with Crippen molar-refractivity contribution in [1.29, 1.82) is 0 Å². The second-order valence-electron chi connectivity index (χ2n) is 6.82. The predicted octanol–water partition coefficient (Wildman–Crippen LogP) is 2.05. The van der Waals surface area contributed by atoms with Gasteiger partial charge in [0.2, 0.25) is 11.8 Å². The molecule has 1 aliphatic rings. The molecule has 4 rings (SSSR count). The first-order chi connectivity index (χ1) is 14.2. The Morgan fingerprint density at radius 1 is 1.34 bits per heavy atom. The Bertz CT molecular complexity index is 986. The smallest absolute Gasteiger partial charge is 0.225 e. The molecule has 1 saturated heterocycles. The summed E-state index contributed by atoms with van der Waals surface area (Å²) in [6.45, 7) is 4.04. The average molecular weight is 411 g/mol. The lowest BCUT2D eigenvalue weighted by molar-refractivity contribution is -0.128. The fourth-order valence-electron chi connectivity index (χ4n) is 3.54. The highest BCUT2D eigenvalue weighted by Crippen LogP contribution is 2.33. The monoisotopic (exact) mass is 410 g/mol. The Morgan fingerprint density at radius 2 is 2.24 bits per heavy atom. The normalized spacial score (nSPS) is 16.4. The molecule has 1 unspecified atom stereocenters. The second-order valence-corrected chi connectivity index (χ2v) is 7.77. The molecule has 3 aromatic rings. The molecule has 9 heteroatoms. The number of carbonyl (C=O) groups is 2. The van der Waals surface area contributed by atoms with Crippen molar-refractivity contribution in [1.82, 2.24) is 30.0 Å². The molecule has 0 aromatic carbocycles. The van der Waals surface area contributed by atoms with Crippen molar-refractivity contribution >= 4 is 23.2 Å². The molecule has 29 heavy (non-hydrogen) atoms. The number of amides is 2. The molecule has 1 fully saturated rings. The van der Waals surface area contributed by atoms with Gasteiger partial charge in [0.15, 0.2) is 0 Å². The number of thiophene rings is 1. The first-order valence-corrected chi connectivity index (χ1v) is 10.5. The van der Waals surface area contributed by atoms with Gasteiger partial charge < -0.3 is 10.2 Å². The zero-order valence-electron chi connectivity index (χ0n) is 16.1. The summed E-state index contributed by atoms with van der Waals surface area (Å²) in [6, 6.07) is 4.04. The van der Waals surface area contributed by atoms with Crippen molar-refractivity contribution in [2.75, 3.05) is 19.6 Å². The van der Waals surface area contributed by atoms with Gasteiger partial charge in [0.1, 0.15) is 0 Å². The number of rotatable bonds is 7. The Hall–Kier alpha value is -3.07. The topological polar surface area (TPSA) is 93.0 Å². The highest BCUT2D eigenvalue weighted by molar-refractivity contribution is 7.13. The third-order valence-electron chi connectivity index (χ3n) is 5.02. The maximum absolute atomic E-state index is 12.4. The maximum atomic E-state index is 12.4. The van der Waals surface area contributed by atoms with Crippen molar-refractivity contribution < 1.29 is 9.59 Å². The van der Waals surface area contributed by atoms with Crippen LogP contribution < -0.4 is 5.32 Å². The van der Waals surface area contributed by atoms with Crippen LogP contribution in [-0.4, -0.2) is 56.1 Å². The van der Waals surface area contributed by atoms with E-state index in [0.717, 1.165) is 21.8 Å². The summed E-state index contributed by atoms with van der Waals surface area (Å²) in [5.41, 5.74) is 2.63. The van der Waals surface area contributed by atoms with Crippen LogP contribution in [0.15, 0.2) is 42.3 Å². The zero-order valence-corrected chi connectivity index (χ0v) is 16.9. The minimum Gasteiger partial charge on any atom is -0.354 e. The standard InChI is InChI=1S/C20H22N6O2S/c1-2-25-13-14(10-18(25)27)20(28)23-7-8-26-19(17-4-3-9-29-17)15(11-24-26)16-12-21-5-6-22-16/h3-6,9,11-12,14H,2,7-8,10,13H2,1H3,(H,23,28). The number of likely N-dealkylation sites (tertiary alicyclic amines) is 1. The van der Waals surface area contributed by atoms with Gasteiger partial charge in [0.25, 0.3) is 0 Å².